The number of nitrogens with one attached hydrogen (secondary N) is 1. The topological polar surface area (TPSA) is 21.3 Å². The second-order valence-electron chi connectivity index (χ2n) is 4.17. The van der Waals surface area contributed by atoms with Gasteiger partial charge in [-0.05, 0) is 37.2 Å². The molecule has 19 heavy (non-hydrogen) atoms. The molecule has 1 aromatic heterocycles. The number of thiophene rings is 1. The number of methoxy groups -OCH3 is 1. The molecular weight excluding hydrogens is 301 g/mol. The predicted molar refractivity (Wildman–Crippen MR) is 82.8 cm³/mol. The third-order valence-electron chi connectivity index (χ3n) is 3.01. The monoisotopic (exact) mass is 315 g/mol. The van der Waals surface area contributed by atoms with Gasteiger partial charge in [-0.25, -0.2) is 0 Å². The highest BCUT2D eigenvalue weighted by atomic mass is 35.5. The normalized spacial score (nSPS) is 12.4. The number of ether oxygens (including phenoxy) is 1. The Labute approximate surface area is 127 Å². The van der Waals surface area contributed by atoms with Crippen LogP contribution in [0.3, 0.4) is 0 Å². The lowest BCUT2D eigenvalue weighted by atomic mass is 10.0. The second kappa shape index (κ2) is 6.62. The van der Waals surface area contributed by atoms with Crippen molar-refractivity contribution >= 4 is 34.5 Å². The standard InChI is InChI=1S/C14H15Cl2NOS/c1-17-12(11-8-13(15)19-14(11)16)7-9-3-5-10(18-2)6-4-9/h3-6,8,12,17H,7H2,1-2H3. The van der Waals surface area contributed by atoms with E-state index < -0.39 is 0 Å². The molecule has 0 bridgehead atoms. The smallest absolute Gasteiger partial charge is 0.118 e. The highest BCUT2D eigenvalue weighted by molar-refractivity contribution is 7.20. The average molecular weight is 316 g/mol. The number of halogens is 2. The number of rotatable bonds is 5. The molecule has 0 saturated carbocycles. The Balaban J connectivity index is 2.16. The average Bonchev–Trinajstić information content (AvgIpc) is 2.75. The lowest BCUT2D eigenvalue weighted by Crippen LogP contribution is -2.18. The van der Waals surface area contributed by atoms with Crippen LogP contribution in [-0.2, 0) is 6.42 Å². The van der Waals surface area contributed by atoms with Gasteiger partial charge in [-0.2, -0.15) is 0 Å². The van der Waals surface area contributed by atoms with Gasteiger partial charge in [-0.15, -0.1) is 11.3 Å². The summed E-state index contributed by atoms with van der Waals surface area (Å²) in [5, 5.41) is 3.28. The number of likely N-dealkylation sites (N-methyl/N-ethyl adjacent to an activating group) is 1. The van der Waals surface area contributed by atoms with Crippen LogP contribution in [0.15, 0.2) is 30.3 Å². The molecule has 102 valence electrons. The molecule has 2 nitrogen and oxygen atoms in total. The maximum Gasteiger partial charge on any atom is 0.118 e. The van der Waals surface area contributed by atoms with Crippen molar-refractivity contribution in [1.82, 2.24) is 5.32 Å². The molecular formula is C14H15Cl2NOS. The van der Waals surface area contributed by atoms with E-state index in [-0.39, 0.29) is 6.04 Å². The van der Waals surface area contributed by atoms with Gasteiger partial charge in [-0.1, -0.05) is 35.3 Å². The minimum Gasteiger partial charge on any atom is -0.497 e. The second-order valence-corrected chi connectivity index (χ2v) is 6.46. The Morgan fingerprint density at radius 3 is 2.42 bits per heavy atom. The van der Waals surface area contributed by atoms with Crippen molar-refractivity contribution in [1.29, 1.82) is 0 Å². The van der Waals surface area contributed by atoms with E-state index in [1.165, 1.54) is 16.9 Å². The Bertz CT molecular complexity index is 539. The molecule has 5 heteroatoms. The largest absolute Gasteiger partial charge is 0.497 e. The van der Waals surface area contributed by atoms with Gasteiger partial charge >= 0.3 is 0 Å². The molecule has 2 aromatic rings. The maximum absolute atomic E-state index is 6.21. The molecule has 1 N–H and O–H groups in total. The molecule has 0 amide bonds. The van der Waals surface area contributed by atoms with E-state index in [1.807, 2.05) is 25.2 Å². The van der Waals surface area contributed by atoms with Crippen molar-refractivity contribution in [2.75, 3.05) is 14.2 Å². The molecule has 0 radical (unpaired) electrons. The maximum atomic E-state index is 6.21. The summed E-state index contributed by atoms with van der Waals surface area (Å²) in [4.78, 5) is 0. The molecule has 0 spiro atoms. The SMILES string of the molecule is CNC(Cc1ccc(OC)cc1)c1cc(Cl)sc1Cl. The summed E-state index contributed by atoms with van der Waals surface area (Å²) in [7, 11) is 3.59. The molecule has 0 aliphatic rings. The van der Waals surface area contributed by atoms with E-state index in [9.17, 15) is 0 Å². The Morgan fingerprint density at radius 2 is 1.95 bits per heavy atom. The van der Waals surface area contributed by atoms with Crippen molar-refractivity contribution in [2.24, 2.45) is 0 Å². The number of benzene rings is 1. The Hall–Kier alpha value is -0.740. The Morgan fingerprint density at radius 1 is 1.26 bits per heavy atom. The first-order chi connectivity index (χ1) is 9.13. The lowest BCUT2D eigenvalue weighted by molar-refractivity contribution is 0.414. The minimum absolute atomic E-state index is 0.157. The molecule has 0 saturated heterocycles. The van der Waals surface area contributed by atoms with Crippen LogP contribution < -0.4 is 10.1 Å². The van der Waals surface area contributed by atoms with Gasteiger partial charge in [0.05, 0.1) is 15.8 Å². The molecule has 1 heterocycles. The van der Waals surface area contributed by atoms with Gasteiger partial charge in [0.2, 0.25) is 0 Å². The van der Waals surface area contributed by atoms with Crippen LogP contribution >= 0.6 is 34.5 Å². The van der Waals surface area contributed by atoms with E-state index in [2.05, 4.69) is 17.4 Å². The summed E-state index contributed by atoms with van der Waals surface area (Å²) in [5.74, 6) is 0.862. The van der Waals surface area contributed by atoms with E-state index >= 15 is 0 Å². The molecule has 1 unspecified atom stereocenters. The van der Waals surface area contributed by atoms with Crippen LogP contribution in [0.2, 0.25) is 8.67 Å². The molecule has 1 aromatic carbocycles. The van der Waals surface area contributed by atoms with Crippen LogP contribution in [0.25, 0.3) is 0 Å². The minimum atomic E-state index is 0.157. The van der Waals surface area contributed by atoms with Crippen LogP contribution in [0.5, 0.6) is 5.75 Å². The fourth-order valence-corrected chi connectivity index (χ4v) is 3.53. The number of hydrogen-bond acceptors (Lipinski definition) is 3. The van der Waals surface area contributed by atoms with E-state index in [0.29, 0.717) is 0 Å². The van der Waals surface area contributed by atoms with Crippen LogP contribution in [0, 0.1) is 0 Å². The van der Waals surface area contributed by atoms with Gasteiger partial charge in [0.25, 0.3) is 0 Å². The van der Waals surface area contributed by atoms with Crippen LogP contribution in [-0.4, -0.2) is 14.2 Å². The van der Waals surface area contributed by atoms with Gasteiger partial charge in [-0.3, -0.25) is 0 Å². The first-order valence-corrected chi connectivity index (χ1v) is 7.46. The third kappa shape index (κ3) is 3.63. The van der Waals surface area contributed by atoms with Gasteiger partial charge in [0.1, 0.15) is 5.75 Å². The molecule has 2 rings (SSSR count). The lowest BCUT2D eigenvalue weighted by Gasteiger charge is -2.16. The first kappa shape index (κ1) is 14.7. The predicted octanol–water partition coefficient (Wildman–Crippen LogP) is 4.57. The van der Waals surface area contributed by atoms with Crippen LogP contribution in [0.1, 0.15) is 17.2 Å². The van der Waals surface area contributed by atoms with Crippen molar-refractivity contribution in [3.63, 3.8) is 0 Å². The molecule has 1 atom stereocenters. The zero-order chi connectivity index (χ0) is 13.8. The van der Waals surface area contributed by atoms with Crippen molar-refractivity contribution in [3.8, 4) is 5.75 Å². The summed E-state index contributed by atoms with van der Waals surface area (Å²) in [6.45, 7) is 0. The van der Waals surface area contributed by atoms with Crippen molar-refractivity contribution in [3.05, 3.63) is 50.1 Å². The van der Waals surface area contributed by atoms with Crippen molar-refractivity contribution in [2.45, 2.75) is 12.5 Å². The Kier molecular flexibility index (Phi) is 5.11. The highest BCUT2D eigenvalue weighted by Crippen LogP contribution is 2.36. The zero-order valence-electron chi connectivity index (χ0n) is 10.7. The van der Waals surface area contributed by atoms with E-state index in [4.69, 9.17) is 27.9 Å². The molecule has 0 fully saturated rings. The van der Waals surface area contributed by atoms with Gasteiger partial charge in [0.15, 0.2) is 0 Å². The third-order valence-corrected chi connectivity index (χ3v) is 4.52. The highest BCUT2D eigenvalue weighted by Gasteiger charge is 2.16. The summed E-state index contributed by atoms with van der Waals surface area (Å²) in [6.07, 6.45) is 0.854. The first-order valence-electron chi connectivity index (χ1n) is 5.89. The summed E-state index contributed by atoms with van der Waals surface area (Å²) < 4.78 is 6.62. The fraction of sp³-hybridized carbons (Fsp3) is 0.286. The van der Waals surface area contributed by atoms with E-state index in [1.54, 1.807) is 7.11 Å². The fourth-order valence-electron chi connectivity index (χ4n) is 1.96. The van der Waals surface area contributed by atoms with Gasteiger partial charge in [0, 0.05) is 11.6 Å². The molecule has 0 aliphatic heterocycles. The quantitative estimate of drug-likeness (QED) is 0.872. The van der Waals surface area contributed by atoms with Crippen LogP contribution in [0.4, 0.5) is 0 Å². The molecule has 0 aliphatic carbocycles. The summed E-state index contributed by atoms with van der Waals surface area (Å²) >= 11 is 13.6. The van der Waals surface area contributed by atoms with Gasteiger partial charge < -0.3 is 10.1 Å². The summed E-state index contributed by atoms with van der Waals surface area (Å²) in [5.41, 5.74) is 2.27. The van der Waals surface area contributed by atoms with E-state index in [0.717, 1.165) is 26.4 Å². The number of hydrogen-bond donors (Lipinski definition) is 1. The van der Waals surface area contributed by atoms with Crippen molar-refractivity contribution < 1.29 is 4.74 Å². The summed E-state index contributed by atoms with van der Waals surface area (Å²) in [6, 6.07) is 10.1. The zero-order valence-corrected chi connectivity index (χ0v) is 13.1.